The number of hydrogen-bond donors (Lipinski definition) is 1. The Morgan fingerprint density at radius 3 is 1.26 bits per heavy atom. The van der Waals surface area contributed by atoms with E-state index >= 15 is 0 Å². The van der Waals surface area contributed by atoms with E-state index in [-0.39, 0.29) is 5.88 Å². The second kappa shape index (κ2) is 36.6. The van der Waals surface area contributed by atoms with E-state index in [1.54, 1.807) is 119 Å². The van der Waals surface area contributed by atoms with Crippen molar-refractivity contribution in [3.8, 4) is 121 Å². The van der Waals surface area contributed by atoms with E-state index in [1.807, 2.05) is 179 Å². The molecule has 9 aromatic carbocycles. The van der Waals surface area contributed by atoms with Gasteiger partial charge in [-0.15, -0.1) is 0 Å². The van der Waals surface area contributed by atoms with E-state index in [4.69, 9.17) is 78.3 Å². The lowest BCUT2D eigenvalue weighted by atomic mass is 10.1. The Hall–Kier alpha value is -16.6. The molecule has 0 saturated carbocycles. The summed E-state index contributed by atoms with van der Waals surface area (Å²) in [6, 6.07) is 64.4. The number of carbonyl (C=O) groups excluding carboxylic acids is 1. The van der Waals surface area contributed by atoms with Gasteiger partial charge in [0.05, 0.1) is 86.2 Å². The van der Waals surface area contributed by atoms with Crippen LogP contribution in [0.25, 0.3) is 168 Å². The van der Waals surface area contributed by atoms with E-state index < -0.39 is 23.5 Å². The van der Waals surface area contributed by atoms with Gasteiger partial charge in [-0.05, 0) is 179 Å². The molecule has 0 fully saturated rings. The summed E-state index contributed by atoms with van der Waals surface area (Å²) >= 11 is 0. The quantitative estimate of drug-likeness (QED) is 0.0932. The second-order valence-electron chi connectivity index (χ2n) is 29.0. The average molecular weight is 1710 g/mol. The van der Waals surface area contributed by atoms with Gasteiger partial charge in [0.15, 0.2) is 45.1 Å². The number of aromatic nitrogens is 11. The minimum Gasteiger partial charge on any atom is -0.497 e. The summed E-state index contributed by atoms with van der Waals surface area (Å²) in [5.41, 5.74) is 14.1. The highest BCUT2D eigenvalue weighted by molar-refractivity contribution is 5.97. The zero-order chi connectivity index (χ0) is 88.6. The third-order valence-corrected chi connectivity index (χ3v) is 19.5. The molecule has 0 amide bonds. The number of benzene rings is 9. The van der Waals surface area contributed by atoms with E-state index in [1.165, 1.54) is 30.1 Å². The predicted molar refractivity (Wildman–Crippen MR) is 472 cm³/mol. The van der Waals surface area contributed by atoms with Crippen LogP contribution in [0.5, 0.6) is 52.0 Å². The number of furan rings is 1. The maximum atomic E-state index is 13.6. The van der Waals surface area contributed by atoms with Crippen molar-refractivity contribution >= 4 is 105 Å². The van der Waals surface area contributed by atoms with Crippen LogP contribution in [0, 0.1) is 18.7 Å². The lowest BCUT2D eigenvalue weighted by molar-refractivity contribution is 0.0546. The highest BCUT2D eigenvalue weighted by Gasteiger charge is 2.27. The predicted octanol–water partition coefficient (Wildman–Crippen LogP) is 22.8. The molecule has 29 nitrogen and oxygen atoms in total. The van der Waals surface area contributed by atoms with Gasteiger partial charge in [0.2, 0.25) is 47.2 Å². The normalized spacial score (nSPS) is 11.1. The smallest absolute Gasteiger partial charge is 0.419 e. The molecule has 0 radical (unpaired) electrons. The lowest BCUT2D eigenvalue weighted by Gasteiger charge is -2.20. The van der Waals surface area contributed by atoms with Crippen LogP contribution in [0.15, 0.2) is 268 Å². The van der Waals surface area contributed by atoms with Crippen LogP contribution in [-0.4, -0.2) is 130 Å². The minimum atomic E-state index is -0.647. The monoisotopic (exact) mass is 1710 g/mol. The van der Waals surface area contributed by atoms with Crippen molar-refractivity contribution in [3.05, 3.63) is 254 Å². The summed E-state index contributed by atoms with van der Waals surface area (Å²) in [6.45, 7) is 7.12. The number of halogens is 2. The van der Waals surface area contributed by atoms with Crippen LogP contribution in [-0.2, 0) is 4.74 Å². The molecule has 31 heteroatoms. The van der Waals surface area contributed by atoms with Crippen molar-refractivity contribution in [1.29, 1.82) is 0 Å². The number of methoxy groups -OCH3 is 9. The van der Waals surface area contributed by atoms with Crippen molar-refractivity contribution in [3.63, 3.8) is 0 Å². The number of fused-ring (bicyclic) bond motifs is 9. The first-order valence-electron chi connectivity index (χ1n) is 39.1. The number of aryl methyl sites for hydroxylation is 1. The van der Waals surface area contributed by atoms with Gasteiger partial charge in [-0.3, -0.25) is 0 Å². The molecule has 0 atom stereocenters. The van der Waals surface area contributed by atoms with Gasteiger partial charge in [-0.2, -0.15) is 4.39 Å². The number of H-pyrrole nitrogens is 1. The number of carbonyl (C=O) groups is 1. The number of para-hydroxylation sites is 1. The largest absolute Gasteiger partial charge is 0.497 e. The van der Waals surface area contributed by atoms with Crippen LogP contribution in [0.1, 0.15) is 26.3 Å². The molecule has 12 heterocycles. The fourth-order valence-corrected chi connectivity index (χ4v) is 13.2. The highest BCUT2D eigenvalue weighted by Crippen LogP contribution is 2.38. The van der Waals surface area contributed by atoms with Gasteiger partial charge in [0.1, 0.15) is 90.2 Å². The number of rotatable bonds is 15. The first-order valence-corrected chi connectivity index (χ1v) is 39.1. The Bertz CT molecular complexity index is 7410. The number of oxazole rings is 6. The Kier molecular flexibility index (Phi) is 24.2. The zero-order valence-electron chi connectivity index (χ0n) is 70.6. The van der Waals surface area contributed by atoms with Crippen molar-refractivity contribution in [2.75, 3.05) is 64.0 Å². The number of nitrogens with zero attached hydrogens (tertiary/aromatic N) is 10. The summed E-state index contributed by atoms with van der Waals surface area (Å²) in [6.07, 6.45) is 5.94. The summed E-state index contributed by atoms with van der Waals surface area (Å²) in [7, 11) is 14.2. The van der Waals surface area contributed by atoms with Gasteiger partial charge in [-0.1, -0.05) is 18.2 Å². The van der Waals surface area contributed by atoms with Gasteiger partial charge < -0.3 is 83.3 Å². The molecule has 0 aliphatic rings. The first-order chi connectivity index (χ1) is 61.6. The third kappa shape index (κ3) is 18.8. The molecule has 0 spiro atoms. The standard InChI is InChI=1S/C22H22N2O5.C16H12N2O2.C16H11NO3.C14H11FN2O3.C14H11FN2O2.C14H12N2O3/c1-22(2,3)29-21(25)24-17-9-7-14(26-4)10-13(17)11-18(24)20-23-16-8-6-15(27-5)12-19(16)28-20;1-19-12-3-5-14-15(9-12)20-16(18-14)11-2-4-13-10(8-11)6-7-17-13;1-18-11-6-7-12-14(9-11)20-16(17-12)15-8-10-4-2-3-5-13(10)19-15;1-18-9-3-4-11-12(6-9)20-13(17-11)8-5-10(15)14(19-2)16-7-8;1-8-5-9(7-16-13(8)15)14-17-11-4-3-10(18-2)6-12(11)19-14;1-17-10-4-5-11-12(7-10)19-14(16-11)9-3-6-13(18-2)15-8-9/h6-12H,1-5H3;2-9,17H,1H3;2-9H,1H3;3-7H,1-2H3;3-7H,1-2H3;3-8H,1-2H3. The number of pyridine rings is 3. The van der Waals surface area contributed by atoms with Crippen LogP contribution in [0.4, 0.5) is 13.6 Å². The second-order valence-corrected chi connectivity index (χ2v) is 29.0. The molecule has 21 aromatic rings. The van der Waals surface area contributed by atoms with Crippen LogP contribution >= 0.6 is 0 Å². The molecular weight excluding hydrogens is 1630 g/mol. The topological polar surface area (TPSA) is 338 Å². The molecule has 640 valence electrons. The van der Waals surface area contributed by atoms with E-state index in [9.17, 15) is 13.6 Å². The maximum absolute atomic E-state index is 13.6. The average Bonchev–Trinajstić information content (AvgIpc) is 1.60. The molecule has 0 aliphatic heterocycles. The van der Waals surface area contributed by atoms with Crippen molar-refractivity contribution in [1.82, 2.24) is 54.4 Å². The summed E-state index contributed by atoms with van der Waals surface area (Å²) in [5.74, 6) is 7.68. The molecule has 1 N–H and O–H groups in total. The van der Waals surface area contributed by atoms with Crippen LogP contribution < -0.4 is 42.6 Å². The molecule has 12 aromatic heterocycles. The van der Waals surface area contributed by atoms with Gasteiger partial charge >= 0.3 is 6.09 Å². The minimum absolute atomic E-state index is 0.0634. The summed E-state index contributed by atoms with van der Waals surface area (Å²) in [5, 5.41) is 2.98. The Balaban J connectivity index is 0.000000113. The van der Waals surface area contributed by atoms with Crippen molar-refractivity contribution in [2.45, 2.75) is 33.3 Å². The fraction of sp³-hybridized carbons (Fsp3) is 0.146. The summed E-state index contributed by atoms with van der Waals surface area (Å²) in [4.78, 5) is 54.4. The number of hydrogen-bond acceptors (Lipinski definition) is 27. The lowest BCUT2D eigenvalue weighted by Crippen LogP contribution is -2.27. The molecule has 0 bridgehead atoms. The maximum Gasteiger partial charge on any atom is 0.419 e. The van der Waals surface area contributed by atoms with E-state index in [0.717, 1.165) is 83.3 Å². The number of aromatic amines is 1. The van der Waals surface area contributed by atoms with Crippen molar-refractivity contribution < 1.29 is 91.9 Å². The van der Waals surface area contributed by atoms with Gasteiger partial charge in [-0.25, -0.2) is 58.6 Å². The van der Waals surface area contributed by atoms with E-state index in [0.29, 0.717) is 137 Å². The highest BCUT2D eigenvalue weighted by atomic mass is 19.1. The molecule has 0 unspecified atom stereocenters. The Morgan fingerprint density at radius 1 is 0.362 bits per heavy atom. The third-order valence-electron chi connectivity index (χ3n) is 19.5. The molecular formula is C96H79F2N11O18. The van der Waals surface area contributed by atoms with Gasteiger partial charge in [0, 0.05) is 100 Å². The zero-order valence-corrected chi connectivity index (χ0v) is 70.6. The summed E-state index contributed by atoms with van der Waals surface area (Å²) < 4.78 is 120. The van der Waals surface area contributed by atoms with Crippen LogP contribution in [0.2, 0.25) is 0 Å². The Morgan fingerprint density at radius 2 is 0.795 bits per heavy atom. The van der Waals surface area contributed by atoms with Crippen LogP contribution in [0.3, 0.4) is 0 Å². The Labute approximate surface area is 720 Å². The van der Waals surface area contributed by atoms with Crippen molar-refractivity contribution in [2.24, 2.45) is 0 Å². The molecule has 0 aliphatic carbocycles. The SMILES string of the molecule is COc1ccc2c(c1)cc(-c1nc3ccc(OC)cc3o1)n2C(=O)OC(C)(C)C.COc1ccc2nc(-c3cc4ccccc4o3)oc2c1.COc1ccc2nc(-c3ccc(OC)nc3)oc2c1.COc1ccc2nc(-c3ccc4[nH]ccc4c3)oc2c1.COc1ccc2nc(-c3cnc(F)c(C)c3)oc2c1.COc1ccc2nc(-c3cnc(OC)c(F)c3)oc2c1. The van der Waals surface area contributed by atoms with E-state index in [2.05, 4.69) is 55.9 Å². The number of nitrogens with one attached hydrogen (secondary N) is 1. The fourth-order valence-electron chi connectivity index (χ4n) is 13.2. The number of ether oxygens (including phenoxy) is 10. The molecule has 0 saturated heterocycles. The first kappa shape index (κ1) is 84.0. The molecule has 127 heavy (non-hydrogen) atoms. The molecule has 21 rings (SSSR count). The van der Waals surface area contributed by atoms with Gasteiger partial charge in [0.25, 0.3) is 5.89 Å².